The van der Waals surface area contributed by atoms with Crippen LogP contribution in [-0.4, -0.2) is 36.6 Å². The number of hydrogen-bond acceptors (Lipinski definition) is 4. The number of nitrogens with one attached hydrogen (secondary N) is 1. The lowest BCUT2D eigenvalue weighted by Gasteiger charge is -2.55. The molecule has 0 amide bonds. The Bertz CT molecular complexity index is 747. The summed E-state index contributed by atoms with van der Waals surface area (Å²) in [4.78, 5) is 8.90. The van der Waals surface area contributed by atoms with Gasteiger partial charge >= 0.3 is 12.1 Å². The molecule has 1 saturated carbocycles. The van der Waals surface area contributed by atoms with Crippen LogP contribution in [0.5, 0.6) is 11.5 Å². The first kappa shape index (κ1) is 18.4. The lowest BCUT2D eigenvalue weighted by Crippen LogP contribution is -2.59. The number of fused-ring (bicyclic) bond motifs is 3. The summed E-state index contributed by atoms with van der Waals surface area (Å²) in [5.74, 6) is 0.0925. The first-order chi connectivity index (χ1) is 12.8. The van der Waals surface area contributed by atoms with Gasteiger partial charge in [0, 0.05) is 17.0 Å². The molecule has 27 heavy (non-hydrogen) atoms. The van der Waals surface area contributed by atoms with Gasteiger partial charge in [-0.2, -0.15) is 13.2 Å². The highest BCUT2D eigenvalue weighted by Crippen LogP contribution is 2.58. The summed E-state index contributed by atoms with van der Waals surface area (Å²) >= 11 is 0. The number of piperidine rings is 1. The second kappa shape index (κ2) is 6.58. The minimum atomic E-state index is -5.08. The number of ether oxygens (including phenoxy) is 2. The van der Waals surface area contributed by atoms with Crippen LogP contribution < -0.4 is 14.8 Å². The van der Waals surface area contributed by atoms with Crippen molar-refractivity contribution in [3.05, 3.63) is 23.3 Å². The molecule has 5 rings (SSSR count). The maximum absolute atomic E-state index is 10.6. The average Bonchev–Trinajstić information content (AvgIpc) is 3.09. The van der Waals surface area contributed by atoms with E-state index in [0.717, 1.165) is 24.0 Å². The molecule has 0 unspecified atom stereocenters. The minimum absolute atomic E-state index is 0.362. The molecule has 0 aromatic heterocycles. The summed E-state index contributed by atoms with van der Waals surface area (Å²) in [5, 5.41) is 10.9. The minimum Gasteiger partial charge on any atom is -0.475 e. The third-order valence-corrected chi connectivity index (χ3v) is 6.37. The molecule has 1 aromatic carbocycles. The normalized spacial score (nSPS) is 30.5. The van der Waals surface area contributed by atoms with Crippen molar-refractivity contribution < 1.29 is 32.5 Å². The second-order valence-electron chi connectivity index (χ2n) is 7.66. The van der Waals surface area contributed by atoms with Crippen molar-refractivity contribution in [2.45, 2.75) is 56.2 Å². The third-order valence-electron chi connectivity index (χ3n) is 6.37. The van der Waals surface area contributed by atoms with E-state index in [4.69, 9.17) is 19.4 Å². The number of benzene rings is 1. The standard InChI is InChI=1S/C17H21NO2.C2HF3O2/c1-2-6-17-7-8-18-13(12(17)3-1)9-11-4-5-14-16(15(11)17)20-10-19-14;3-2(4,5)1(6)7/h4-5,12-13,18H,1-3,6-10H2;(H,6,7)/t12-,13+,17+;/m1./s1. The summed E-state index contributed by atoms with van der Waals surface area (Å²) in [7, 11) is 0. The van der Waals surface area contributed by atoms with Crippen LogP contribution in [0.1, 0.15) is 43.2 Å². The van der Waals surface area contributed by atoms with Gasteiger partial charge in [0.1, 0.15) is 0 Å². The van der Waals surface area contributed by atoms with Crippen molar-refractivity contribution in [2.24, 2.45) is 5.92 Å². The fraction of sp³-hybridized carbons (Fsp3) is 0.632. The maximum atomic E-state index is 10.6. The Hall–Kier alpha value is -1.96. The van der Waals surface area contributed by atoms with E-state index in [1.165, 1.54) is 49.7 Å². The van der Waals surface area contributed by atoms with Gasteiger partial charge in [-0.05, 0) is 49.8 Å². The molecule has 2 heterocycles. The Kier molecular flexibility index (Phi) is 4.49. The van der Waals surface area contributed by atoms with Crippen LogP contribution in [0.2, 0.25) is 0 Å². The summed E-state index contributed by atoms with van der Waals surface area (Å²) in [6, 6.07) is 5.07. The van der Waals surface area contributed by atoms with Crippen LogP contribution in [-0.2, 0) is 16.6 Å². The SMILES string of the molecule is O=C(O)C(F)(F)F.c1cc2c(c3c1C[C@@H]1NCC[C@]34CCCC[C@H]14)OCO2. The third kappa shape index (κ3) is 3.03. The van der Waals surface area contributed by atoms with Crippen molar-refractivity contribution in [1.29, 1.82) is 0 Å². The smallest absolute Gasteiger partial charge is 0.475 e. The van der Waals surface area contributed by atoms with Crippen LogP contribution in [0.15, 0.2) is 12.1 Å². The number of carbonyl (C=O) groups is 1. The molecule has 2 bridgehead atoms. The maximum Gasteiger partial charge on any atom is 0.490 e. The van der Waals surface area contributed by atoms with Gasteiger partial charge in [-0.1, -0.05) is 18.9 Å². The first-order valence-corrected chi connectivity index (χ1v) is 9.28. The van der Waals surface area contributed by atoms with Gasteiger partial charge in [0.05, 0.1) is 0 Å². The molecule has 3 atom stereocenters. The molecule has 5 nitrogen and oxygen atoms in total. The van der Waals surface area contributed by atoms with E-state index in [-0.39, 0.29) is 0 Å². The highest BCUT2D eigenvalue weighted by atomic mass is 19.4. The van der Waals surface area contributed by atoms with Gasteiger partial charge in [0.2, 0.25) is 6.79 Å². The summed E-state index contributed by atoms with van der Waals surface area (Å²) in [6.07, 6.45) is 2.82. The Morgan fingerprint density at radius 2 is 2.00 bits per heavy atom. The molecule has 1 saturated heterocycles. The molecular formula is C19H22F3NO4. The fourth-order valence-corrected chi connectivity index (χ4v) is 5.40. The predicted octanol–water partition coefficient (Wildman–Crippen LogP) is 3.39. The van der Waals surface area contributed by atoms with Crippen molar-refractivity contribution in [3.63, 3.8) is 0 Å². The largest absolute Gasteiger partial charge is 0.490 e. The number of rotatable bonds is 0. The molecule has 8 heteroatoms. The Balaban J connectivity index is 0.000000224. The number of carboxylic acid groups (broad SMARTS) is 1. The van der Waals surface area contributed by atoms with E-state index in [9.17, 15) is 13.2 Å². The van der Waals surface area contributed by atoms with Gasteiger partial charge in [0.15, 0.2) is 11.5 Å². The number of alkyl halides is 3. The first-order valence-electron chi connectivity index (χ1n) is 9.28. The zero-order valence-electron chi connectivity index (χ0n) is 14.8. The van der Waals surface area contributed by atoms with E-state index in [1.54, 1.807) is 0 Å². The monoisotopic (exact) mass is 385 g/mol. The number of carboxylic acids is 1. The molecule has 1 aromatic rings. The second-order valence-corrected chi connectivity index (χ2v) is 7.66. The van der Waals surface area contributed by atoms with Crippen LogP contribution >= 0.6 is 0 Å². The van der Waals surface area contributed by atoms with Crippen LogP contribution in [0.4, 0.5) is 13.2 Å². The van der Waals surface area contributed by atoms with Crippen molar-refractivity contribution >= 4 is 5.97 Å². The van der Waals surface area contributed by atoms with Crippen molar-refractivity contribution in [3.8, 4) is 11.5 Å². The quantitative estimate of drug-likeness (QED) is 0.717. The molecule has 2 N–H and O–H groups in total. The van der Waals surface area contributed by atoms with Crippen molar-refractivity contribution in [2.75, 3.05) is 13.3 Å². The lowest BCUT2D eigenvalue weighted by molar-refractivity contribution is -0.192. The van der Waals surface area contributed by atoms with Crippen LogP contribution in [0.3, 0.4) is 0 Å². The zero-order valence-corrected chi connectivity index (χ0v) is 14.8. The molecule has 2 aliphatic carbocycles. The van der Waals surface area contributed by atoms with Crippen LogP contribution in [0, 0.1) is 5.92 Å². The van der Waals surface area contributed by atoms with E-state index >= 15 is 0 Å². The van der Waals surface area contributed by atoms with E-state index < -0.39 is 12.1 Å². The van der Waals surface area contributed by atoms with Gasteiger partial charge in [-0.25, -0.2) is 4.79 Å². The van der Waals surface area contributed by atoms with E-state index in [1.807, 2.05) is 0 Å². The van der Waals surface area contributed by atoms with Gasteiger partial charge in [-0.15, -0.1) is 0 Å². The van der Waals surface area contributed by atoms with E-state index in [2.05, 4.69) is 17.4 Å². The van der Waals surface area contributed by atoms with Gasteiger partial charge in [-0.3, -0.25) is 0 Å². The van der Waals surface area contributed by atoms with Gasteiger partial charge < -0.3 is 19.9 Å². The molecule has 0 radical (unpaired) electrons. The molecule has 148 valence electrons. The Labute approximate surface area is 154 Å². The summed E-state index contributed by atoms with van der Waals surface area (Å²) in [6.45, 7) is 1.55. The van der Waals surface area contributed by atoms with E-state index in [0.29, 0.717) is 18.2 Å². The average molecular weight is 385 g/mol. The Morgan fingerprint density at radius 3 is 2.74 bits per heavy atom. The molecule has 4 aliphatic rings. The predicted molar refractivity (Wildman–Crippen MR) is 90.0 cm³/mol. The van der Waals surface area contributed by atoms with Crippen molar-refractivity contribution in [1.82, 2.24) is 5.32 Å². The molecule has 2 aliphatic heterocycles. The fourth-order valence-electron chi connectivity index (χ4n) is 5.40. The Morgan fingerprint density at radius 1 is 1.22 bits per heavy atom. The lowest BCUT2D eigenvalue weighted by atomic mass is 9.52. The summed E-state index contributed by atoms with van der Waals surface area (Å²) < 4.78 is 43.3. The number of aliphatic carboxylic acids is 1. The highest BCUT2D eigenvalue weighted by Gasteiger charge is 2.53. The molecule has 2 fully saturated rings. The van der Waals surface area contributed by atoms with Crippen LogP contribution in [0.25, 0.3) is 0 Å². The molecular weight excluding hydrogens is 363 g/mol. The number of halogens is 3. The molecule has 0 spiro atoms. The highest BCUT2D eigenvalue weighted by molar-refractivity contribution is 5.73. The summed E-state index contributed by atoms with van der Waals surface area (Å²) in [5.41, 5.74) is 3.39. The zero-order chi connectivity index (χ0) is 19.2. The topological polar surface area (TPSA) is 67.8 Å². The van der Waals surface area contributed by atoms with Gasteiger partial charge in [0.25, 0.3) is 0 Å². The number of hydrogen-bond donors (Lipinski definition) is 2.